The number of nitrogens with one attached hydrogen (secondary N) is 1. The third kappa shape index (κ3) is 2.58. The summed E-state index contributed by atoms with van der Waals surface area (Å²) in [5.74, 6) is 0.0258. The molecule has 2 N–H and O–H groups in total. The molecule has 0 fully saturated rings. The number of nitrogens with zero attached hydrogens (tertiary/aromatic N) is 1. The van der Waals surface area contributed by atoms with Gasteiger partial charge in [-0.3, -0.25) is 0 Å². The molecule has 1 heterocycles. The lowest BCUT2D eigenvalue weighted by molar-refractivity contribution is 0.480. The third-order valence-corrected chi connectivity index (χ3v) is 5.41. The van der Waals surface area contributed by atoms with E-state index < -0.39 is 0 Å². The maximum Gasteiger partial charge on any atom is 0.144 e. The Bertz CT molecular complexity index is 1410. The van der Waals surface area contributed by atoms with E-state index in [0.717, 1.165) is 44.2 Å². The molecule has 0 spiro atoms. The minimum absolute atomic E-state index is 0.0258. The molecule has 0 atom stereocenters. The van der Waals surface area contributed by atoms with Crippen molar-refractivity contribution in [3.63, 3.8) is 0 Å². The second-order valence-corrected chi connectivity index (χ2v) is 7.24. The molecule has 4 aromatic carbocycles. The van der Waals surface area contributed by atoms with Gasteiger partial charge in [0.1, 0.15) is 17.4 Å². The van der Waals surface area contributed by atoms with Gasteiger partial charge in [-0.05, 0) is 30.2 Å². The summed E-state index contributed by atoms with van der Waals surface area (Å²) >= 11 is 0. The first-order valence-corrected chi connectivity index (χ1v) is 9.51. The van der Waals surface area contributed by atoms with Gasteiger partial charge in [-0.15, -0.1) is 0 Å². The van der Waals surface area contributed by atoms with Crippen molar-refractivity contribution in [2.24, 2.45) is 0 Å². The molecule has 0 saturated heterocycles. The Balaban J connectivity index is 2.06. The van der Waals surface area contributed by atoms with Crippen molar-refractivity contribution in [1.82, 2.24) is 4.98 Å². The summed E-state index contributed by atoms with van der Waals surface area (Å²) in [5.41, 5.74) is 6.74. The number of rotatable bonds is 2. The standard InChI is InChI=1S/C26H18N2O/c1-16-12-13-21-19(14-16)24-25(28-21)23(18-10-6-3-7-11-18)22(20(15-27)26(24)29)17-8-4-2-5-9-17/h2-14,28-29H,1H3. The highest BCUT2D eigenvalue weighted by molar-refractivity contribution is 6.19. The van der Waals surface area contributed by atoms with Gasteiger partial charge in [0.2, 0.25) is 0 Å². The second kappa shape index (κ2) is 6.54. The van der Waals surface area contributed by atoms with E-state index in [1.165, 1.54) is 0 Å². The fourth-order valence-corrected chi connectivity index (χ4v) is 4.13. The molecule has 5 rings (SSSR count). The molecule has 0 aliphatic carbocycles. The average molecular weight is 374 g/mol. The minimum atomic E-state index is 0.0258. The van der Waals surface area contributed by atoms with Crippen molar-refractivity contribution in [2.75, 3.05) is 0 Å². The summed E-state index contributed by atoms with van der Waals surface area (Å²) in [5, 5.41) is 22.8. The van der Waals surface area contributed by atoms with Crippen molar-refractivity contribution in [3.8, 4) is 34.1 Å². The Morgan fingerprint density at radius 3 is 2.07 bits per heavy atom. The number of phenolic OH excluding ortho intramolecular Hbond substituents is 1. The number of hydrogen-bond donors (Lipinski definition) is 2. The van der Waals surface area contributed by atoms with Crippen LogP contribution in [0.4, 0.5) is 0 Å². The van der Waals surface area contributed by atoms with Crippen LogP contribution in [0.15, 0.2) is 78.9 Å². The van der Waals surface area contributed by atoms with Crippen LogP contribution in [-0.4, -0.2) is 10.1 Å². The predicted molar refractivity (Wildman–Crippen MR) is 118 cm³/mol. The molecular weight excluding hydrogens is 356 g/mol. The van der Waals surface area contributed by atoms with Gasteiger partial charge in [-0.25, -0.2) is 0 Å². The number of aromatic nitrogens is 1. The maximum absolute atomic E-state index is 11.2. The number of nitriles is 1. The zero-order valence-electron chi connectivity index (χ0n) is 15.9. The molecule has 5 aromatic rings. The van der Waals surface area contributed by atoms with E-state index in [9.17, 15) is 10.4 Å². The highest BCUT2D eigenvalue weighted by atomic mass is 16.3. The smallest absolute Gasteiger partial charge is 0.144 e. The lowest BCUT2D eigenvalue weighted by Crippen LogP contribution is -1.93. The number of phenols is 1. The fourth-order valence-electron chi connectivity index (χ4n) is 4.13. The highest BCUT2D eigenvalue weighted by Crippen LogP contribution is 2.47. The molecule has 0 aliphatic rings. The van der Waals surface area contributed by atoms with Gasteiger partial charge < -0.3 is 10.1 Å². The maximum atomic E-state index is 11.2. The molecule has 1 aromatic heterocycles. The van der Waals surface area contributed by atoms with Crippen molar-refractivity contribution < 1.29 is 5.11 Å². The van der Waals surface area contributed by atoms with Gasteiger partial charge in [-0.1, -0.05) is 72.3 Å². The summed E-state index contributed by atoms with van der Waals surface area (Å²) < 4.78 is 0. The van der Waals surface area contributed by atoms with Crippen molar-refractivity contribution >= 4 is 21.8 Å². The molecule has 0 saturated carbocycles. The lowest BCUT2D eigenvalue weighted by Gasteiger charge is -2.16. The van der Waals surface area contributed by atoms with E-state index in [-0.39, 0.29) is 5.75 Å². The van der Waals surface area contributed by atoms with Gasteiger partial charge in [0, 0.05) is 22.0 Å². The normalized spacial score (nSPS) is 11.0. The first-order valence-electron chi connectivity index (χ1n) is 9.51. The third-order valence-electron chi connectivity index (χ3n) is 5.41. The number of aromatic hydroxyl groups is 1. The number of aromatic amines is 1. The number of benzene rings is 4. The minimum Gasteiger partial charge on any atom is -0.506 e. The van der Waals surface area contributed by atoms with Crippen LogP contribution in [0.3, 0.4) is 0 Å². The van der Waals surface area contributed by atoms with E-state index in [2.05, 4.69) is 11.1 Å². The summed E-state index contributed by atoms with van der Waals surface area (Å²) in [4.78, 5) is 3.51. The molecular formula is C26H18N2O. The van der Waals surface area contributed by atoms with E-state index in [0.29, 0.717) is 10.9 Å². The molecule has 0 radical (unpaired) electrons. The van der Waals surface area contributed by atoms with Crippen molar-refractivity contribution in [1.29, 1.82) is 5.26 Å². The van der Waals surface area contributed by atoms with Gasteiger partial charge >= 0.3 is 0 Å². The lowest BCUT2D eigenvalue weighted by atomic mass is 9.87. The number of aryl methyl sites for hydroxylation is 1. The first-order chi connectivity index (χ1) is 14.2. The highest BCUT2D eigenvalue weighted by Gasteiger charge is 2.24. The predicted octanol–water partition coefficient (Wildman–Crippen LogP) is 6.54. The van der Waals surface area contributed by atoms with Gasteiger partial charge in [-0.2, -0.15) is 5.26 Å². The van der Waals surface area contributed by atoms with Crippen LogP contribution in [0.5, 0.6) is 5.75 Å². The Hall–Kier alpha value is -4.03. The number of hydrogen-bond acceptors (Lipinski definition) is 2. The average Bonchev–Trinajstić information content (AvgIpc) is 3.13. The van der Waals surface area contributed by atoms with E-state index in [1.54, 1.807) is 0 Å². The molecule has 3 nitrogen and oxygen atoms in total. The van der Waals surface area contributed by atoms with E-state index in [1.807, 2.05) is 85.8 Å². The van der Waals surface area contributed by atoms with Crippen molar-refractivity contribution in [3.05, 3.63) is 90.0 Å². The van der Waals surface area contributed by atoms with Crippen LogP contribution in [-0.2, 0) is 0 Å². The number of fused-ring (bicyclic) bond motifs is 3. The summed E-state index contributed by atoms with van der Waals surface area (Å²) in [6.07, 6.45) is 0. The van der Waals surface area contributed by atoms with Crippen LogP contribution in [0.25, 0.3) is 44.1 Å². The molecule has 29 heavy (non-hydrogen) atoms. The Labute approximate surface area is 168 Å². The van der Waals surface area contributed by atoms with Crippen LogP contribution in [0, 0.1) is 18.3 Å². The van der Waals surface area contributed by atoms with E-state index in [4.69, 9.17) is 0 Å². The molecule has 3 heteroatoms. The largest absolute Gasteiger partial charge is 0.506 e. The zero-order chi connectivity index (χ0) is 20.0. The Morgan fingerprint density at radius 1 is 0.828 bits per heavy atom. The summed E-state index contributed by atoms with van der Waals surface area (Å²) in [7, 11) is 0. The molecule has 0 bridgehead atoms. The van der Waals surface area contributed by atoms with E-state index >= 15 is 0 Å². The zero-order valence-corrected chi connectivity index (χ0v) is 15.9. The molecule has 0 unspecified atom stereocenters. The molecule has 0 amide bonds. The van der Waals surface area contributed by atoms with Crippen molar-refractivity contribution in [2.45, 2.75) is 6.92 Å². The fraction of sp³-hybridized carbons (Fsp3) is 0.0385. The topological polar surface area (TPSA) is 59.8 Å². The monoisotopic (exact) mass is 374 g/mol. The van der Waals surface area contributed by atoms with Gasteiger partial charge in [0.25, 0.3) is 0 Å². The van der Waals surface area contributed by atoms with Gasteiger partial charge in [0.05, 0.1) is 10.9 Å². The quantitative estimate of drug-likeness (QED) is 0.368. The van der Waals surface area contributed by atoms with Gasteiger partial charge in [0.15, 0.2) is 0 Å². The Morgan fingerprint density at radius 2 is 1.45 bits per heavy atom. The second-order valence-electron chi connectivity index (χ2n) is 7.24. The van der Waals surface area contributed by atoms with Crippen LogP contribution < -0.4 is 0 Å². The van der Waals surface area contributed by atoms with Crippen LogP contribution in [0.2, 0.25) is 0 Å². The first kappa shape index (κ1) is 17.1. The summed E-state index contributed by atoms with van der Waals surface area (Å²) in [6, 6.07) is 28.2. The SMILES string of the molecule is Cc1ccc2[nH]c3c(-c4ccccc4)c(-c4ccccc4)c(C#N)c(O)c3c2c1. The summed E-state index contributed by atoms with van der Waals surface area (Å²) in [6.45, 7) is 2.02. The molecule has 0 aliphatic heterocycles. The van der Waals surface area contributed by atoms with Crippen LogP contribution in [0.1, 0.15) is 11.1 Å². The molecule has 138 valence electrons. The number of H-pyrrole nitrogens is 1. The Kier molecular flexibility index (Phi) is 3.86. The van der Waals surface area contributed by atoms with Crippen LogP contribution >= 0.6 is 0 Å².